The lowest BCUT2D eigenvalue weighted by Crippen LogP contribution is -1.94. The molecule has 0 bridgehead atoms. The molecule has 0 atom stereocenters. The van der Waals surface area contributed by atoms with Crippen LogP contribution in [0.15, 0.2) is 18.2 Å². The van der Waals surface area contributed by atoms with Crippen LogP contribution in [0.2, 0.25) is 0 Å². The summed E-state index contributed by atoms with van der Waals surface area (Å²) in [5.41, 5.74) is 0.461. The Morgan fingerprint density at radius 2 is 1.88 bits per heavy atom. The van der Waals surface area contributed by atoms with Crippen LogP contribution in [0.5, 0.6) is 17.2 Å². The highest BCUT2D eigenvalue weighted by molar-refractivity contribution is 5.87. The van der Waals surface area contributed by atoms with Crippen molar-refractivity contribution in [1.82, 2.24) is 0 Å². The lowest BCUT2D eigenvalue weighted by atomic mass is 10.1. The highest BCUT2D eigenvalue weighted by Crippen LogP contribution is 2.33. The zero-order chi connectivity index (χ0) is 12.1. The summed E-state index contributed by atoms with van der Waals surface area (Å²) in [6, 6.07) is 2.54. The van der Waals surface area contributed by atoms with E-state index in [1.807, 2.05) is 0 Å². The van der Waals surface area contributed by atoms with Crippen molar-refractivity contribution in [2.45, 2.75) is 0 Å². The van der Waals surface area contributed by atoms with Crippen LogP contribution in [0.4, 0.5) is 0 Å². The van der Waals surface area contributed by atoms with Gasteiger partial charge in [0.25, 0.3) is 0 Å². The van der Waals surface area contributed by atoms with Gasteiger partial charge in [0.05, 0.1) is 14.2 Å². The first-order chi connectivity index (χ1) is 7.58. The van der Waals surface area contributed by atoms with Crippen LogP contribution >= 0.6 is 0 Å². The van der Waals surface area contributed by atoms with Gasteiger partial charge in [-0.25, -0.2) is 4.79 Å². The van der Waals surface area contributed by atoms with Crippen LogP contribution in [-0.4, -0.2) is 30.4 Å². The normalized spacial score (nSPS) is 10.4. The molecule has 0 aliphatic heterocycles. The fraction of sp³-hybridized carbons (Fsp3) is 0.182. The van der Waals surface area contributed by atoms with Crippen molar-refractivity contribution in [1.29, 1.82) is 0 Å². The van der Waals surface area contributed by atoms with Crippen molar-refractivity contribution in [2.24, 2.45) is 0 Å². The maximum Gasteiger partial charge on any atom is 0.330 e. The molecule has 0 heterocycles. The first-order valence-corrected chi connectivity index (χ1v) is 4.44. The molecule has 0 unspecified atom stereocenters. The number of hydrogen-bond donors (Lipinski definition) is 2. The lowest BCUT2D eigenvalue weighted by Gasteiger charge is -2.06. The van der Waals surface area contributed by atoms with Crippen LogP contribution in [-0.2, 0) is 9.53 Å². The number of rotatable bonds is 3. The molecule has 0 saturated heterocycles. The van der Waals surface area contributed by atoms with Crippen LogP contribution < -0.4 is 4.74 Å². The second-order valence-corrected chi connectivity index (χ2v) is 2.94. The number of benzene rings is 1. The van der Waals surface area contributed by atoms with Gasteiger partial charge in [0, 0.05) is 17.7 Å². The number of carbonyl (C=O) groups excluding carboxylic acids is 1. The molecule has 2 N–H and O–H groups in total. The Labute approximate surface area is 92.5 Å². The molecular formula is C11H12O5. The Hall–Kier alpha value is -2.17. The molecule has 5 heteroatoms. The maximum absolute atomic E-state index is 10.9. The zero-order valence-corrected chi connectivity index (χ0v) is 8.93. The van der Waals surface area contributed by atoms with Crippen molar-refractivity contribution in [3.8, 4) is 17.2 Å². The fourth-order valence-electron chi connectivity index (χ4n) is 1.11. The number of aromatic hydroxyl groups is 2. The van der Waals surface area contributed by atoms with Gasteiger partial charge in [-0.2, -0.15) is 0 Å². The molecule has 16 heavy (non-hydrogen) atoms. The second kappa shape index (κ2) is 5.06. The number of methoxy groups -OCH3 is 2. The smallest absolute Gasteiger partial charge is 0.330 e. The van der Waals surface area contributed by atoms with E-state index < -0.39 is 5.97 Å². The Balaban J connectivity index is 3.07. The van der Waals surface area contributed by atoms with E-state index in [-0.39, 0.29) is 11.5 Å². The van der Waals surface area contributed by atoms with Gasteiger partial charge in [-0.1, -0.05) is 0 Å². The van der Waals surface area contributed by atoms with Crippen LogP contribution in [0.25, 0.3) is 6.08 Å². The Morgan fingerprint density at radius 3 is 2.44 bits per heavy atom. The maximum atomic E-state index is 10.9. The number of phenols is 2. The SMILES string of the molecule is COC(=O)/C=C/c1cc(O)c(O)cc1OC. The van der Waals surface area contributed by atoms with E-state index in [0.29, 0.717) is 11.3 Å². The van der Waals surface area contributed by atoms with E-state index in [0.717, 1.165) is 0 Å². The molecule has 1 aromatic carbocycles. The summed E-state index contributed by atoms with van der Waals surface area (Å²) in [6.07, 6.45) is 2.61. The Morgan fingerprint density at radius 1 is 1.25 bits per heavy atom. The van der Waals surface area contributed by atoms with Crippen LogP contribution in [0, 0.1) is 0 Å². The molecule has 0 spiro atoms. The summed E-state index contributed by atoms with van der Waals surface area (Å²) >= 11 is 0. The van der Waals surface area contributed by atoms with E-state index in [2.05, 4.69) is 4.74 Å². The van der Waals surface area contributed by atoms with Gasteiger partial charge in [0.15, 0.2) is 11.5 Å². The van der Waals surface area contributed by atoms with Crippen molar-refractivity contribution in [3.05, 3.63) is 23.8 Å². The molecule has 5 nitrogen and oxygen atoms in total. The quantitative estimate of drug-likeness (QED) is 0.459. The third kappa shape index (κ3) is 2.66. The van der Waals surface area contributed by atoms with Crippen molar-refractivity contribution in [3.63, 3.8) is 0 Å². The molecule has 0 aromatic heterocycles. The van der Waals surface area contributed by atoms with Crippen LogP contribution in [0.3, 0.4) is 0 Å². The summed E-state index contributed by atoms with van der Waals surface area (Å²) < 4.78 is 9.39. The van der Waals surface area contributed by atoms with E-state index in [1.165, 1.54) is 38.5 Å². The first-order valence-electron chi connectivity index (χ1n) is 4.44. The summed E-state index contributed by atoms with van der Waals surface area (Å²) in [6.45, 7) is 0. The number of carbonyl (C=O) groups is 1. The minimum atomic E-state index is -0.519. The summed E-state index contributed by atoms with van der Waals surface area (Å²) in [4.78, 5) is 10.9. The average molecular weight is 224 g/mol. The highest BCUT2D eigenvalue weighted by atomic mass is 16.5. The first kappa shape index (κ1) is 11.9. The minimum absolute atomic E-state index is 0.285. The van der Waals surface area contributed by atoms with E-state index >= 15 is 0 Å². The largest absolute Gasteiger partial charge is 0.504 e. The molecule has 86 valence electrons. The topological polar surface area (TPSA) is 76.0 Å². The van der Waals surface area contributed by atoms with Gasteiger partial charge in [-0.05, 0) is 12.1 Å². The van der Waals surface area contributed by atoms with Crippen LogP contribution in [0.1, 0.15) is 5.56 Å². The van der Waals surface area contributed by atoms with Gasteiger partial charge >= 0.3 is 5.97 Å². The Bertz CT molecular complexity index is 423. The predicted molar refractivity (Wildman–Crippen MR) is 57.4 cm³/mol. The van der Waals surface area contributed by atoms with Gasteiger partial charge in [-0.15, -0.1) is 0 Å². The van der Waals surface area contributed by atoms with E-state index in [1.54, 1.807) is 0 Å². The predicted octanol–water partition coefficient (Wildman–Crippen LogP) is 1.29. The fourth-order valence-corrected chi connectivity index (χ4v) is 1.11. The van der Waals surface area contributed by atoms with Crippen molar-refractivity contribution >= 4 is 12.0 Å². The second-order valence-electron chi connectivity index (χ2n) is 2.94. The van der Waals surface area contributed by atoms with Gasteiger partial charge < -0.3 is 19.7 Å². The van der Waals surface area contributed by atoms with E-state index in [9.17, 15) is 15.0 Å². The number of ether oxygens (including phenoxy) is 2. The molecule has 0 fully saturated rings. The molecule has 0 aliphatic rings. The molecule has 0 radical (unpaired) electrons. The molecule has 0 amide bonds. The highest BCUT2D eigenvalue weighted by Gasteiger charge is 2.07. The summed E-state index contributed by atoms with van der Waals surface area (Å²) in [5.74, 6) is -0.748. The van der Waals surface area contributed by atoms with Gasteiger partial charge in [0.2, 0.25) is 0 Å². The van der Waals surface area contributed by atoms with E-state index in [4.69, 9.17) is 4.74 Å². The van der Waals surface area contributed by atoms with Crippen molar-refractivity contribution < 1.29 is 24.5 Å². The summed E-state index contributed by atoms with van der Waals surface area (Å²) in [5, 5.41) is 18.5. The zero-order valence-electron chi connectivity index (χ0n) is 8.93. The molecule has 0 saturated carbocycles. The third-order valence-electron chi connectivity index (χ3n) is 1.93. The molecular weight excluding hydrogens is 212 g/mol. The number of hydrogen-bond acceptors (Lipinski definition) is 5. The standard InChI is InChI=1S/C11H12O5/c1-15-10-6-9(13)8(12)5-7(10)3-4-11(14)16-2/h3-6,12-13H,1-2H3/b4-3+. The van der Waals surface area contributed by atoms with Gasteiger partial charge in [0.1, 0.15) is 5.75 Å². The number of esters is 1. The molecule has 0 aliphatic carbocycles. The van der Waals surface area contributed by atoms with Gasteiger partial charge in [-0.3, -0.25) is 0 Å². The Kier molecular flexibility index (Phi) is 3.77. The lowest BCUT2D eigenvalue weighted by molar-refractivity contribution is -0.134. The third-order valence-corrected chi connectivity index (χ3v) is 1.93. The minimum Gasteiger partial charge on any atom is -0.504 e. The molecule has 1 rings (SSSR count). The average Bonchev–Trinajstić information content (AvgIpc) is 2.29. The number of phenolic OH excluding ortho intramolecular Hbond substituents is 2. The summed E-state index contributed by atoms with van der Waals surface area (Å²) in [7, 11) is 2.68. The monoisotopic (exact) mass is 224 g/mol. The van der Waals surface area contributed by atoms with Crippen molar-refractivity contribution in [2.75, 3.05) is 14.2 Å². The molecule has 1 aromatic rings.